The second kappa shape index (κ2) is 9.94. The van der Waals surface area contributed by atoms with Crippen LogP contribution in [0.15, 0.2) is 24.3 Å². The number of unbranched alkanes of at least 4 members (excludes halogenated alkanes) is 3. The van der Waals surface area contributed by atoms with Crippen molar-refractivity contribution in [2.75, 3.05) is 18.5 Å². The number of nitrogens with two attached hydrogens (primary N) is 1. The van der Waals surface area contributed by atoms with Crippen LogP contribution in [0, 0.1) is 0 Å². The molecule has 0 heterocycles. The van der Waals surface area contributed by atoms with Crippen molar-refractivity contribution in [3.8, 4) is 0 Å². The van der Waals surface area contributed by atoms with Crippen LogP contribution >= 0.6 is 0 Å². The first-order chi connectivity index (χ1) is 10.2. The molecule has 0 unspecified atom stereocenters. The lowest BCUT2D eigenvalue weighted by atomic mass is 10.1. The summed E-state index contributed by atoms with van der Waals surface area (Å²) in [5, 5.41) is 2.78. The highest BCUT2D eigenvalue weighted by molar-refractivity contribution is 6.01. The van der Waals surface area contributed by atoms with Crippen LogP contribution in [0.25, 0.3) is 0 Å². The van der Waals surface area contributed by atoms with E-state index in [0.29, 0.717) is 30.8 Å². The molecule has 3 N–H and O–H groups in total. The number of carbonyl (C=O) groups is 2. The maximum absolute atomic E-state index is 11.9. The molecule has 1 rings (SSSR count). The van der Waals surface area contributed by atoms with Gasteiger partial charge in [0.25, 0.3) is 0 Å². The average molecular weight is 292 g/mol. The predicted molar refractivity (Wildman–Crippen MR) is 83.2 cm³/mol. The fraction of sp³-hybridized carbons (Fsp3) is 0.500. The number of esters is 1. The molecule has 0 radical (unpaired) electrons. The molecule has 0 saturated carbocycles. The third-order valence-electron chi connectivity index (χ3n) is 3.05. The number of amides is 1. The van der Waals surface area contributed by atoms with Gasteiger partial charge in [0.05, 0.1) is 17.9 Å². The lowest BCUT2D eigenvalue weighted by molar-refractivity contribution is -0.116. The van der Waals surface area contributed by atoms with E-state index in [4.69, 9.17) is 10.5 Å². The number of hydrogen-bond acceptors (Lipinski definition) is 4. The van der Waals surface area contributed by atoms with E-state index < -0.39 is 5.97 Å². The number of carbonyl (C=O) groups excluding carboxylic acids is 2. The molecule has 1 amide bonds. The summed E-state index contributed by atoms with van der Waals surface area (Å²) in [6.45, 7) is 2.75. The van der Waals surface area contributed by atoms with Gasteiger partial charge in [0, 0.05) is 6.42 Å². The van der Waals surface area contributed by atoms with E-state index in [-0.39, 0.29) is 5.91 Å². The Morgan fingerprint density at radius 3 is 2.57 bits per heavy atom. The molecule has 0 bridgehead atoms. The maximum atomic E-state index is 11.9. The third kappa shape index (κ3) is 6.40. The molecule has 5 nitrogen and oxygen atoms in total. The van der Waals surface area contributed by atoms with E-state index in [9.17, 15) is 9.59 Å². The molecule has 0 aliphatic rings. The minimum atomic E-state index is -0.420. The number of ether oxygens (including phenoxy) is 1. The molecule has 116 valence electrons. The summed E-state index contributed by atoms with van der Waals surface area (Å²) in [6, 6.07) is 6.88. The first-order valence-corrected chi connectivity index (χ1v) is 7.45. The van der Waals surface area contributed by atoms with E-state index in [1.165, 1.54) is 0 Å². The molecule has 21 heavy (non-hydrogen) atoms. The van der Waals surface area contributed by atoms with Gasteiger partial charge in [0.15, 0.2) is 0 Å². The fourth-order valence-electron chi connectivity index (χ4n) is 1.98. The fourth-order valence-corrected chi connectivity index (χ4v) is 1.98. The first-order valence-electron chi connectivity index (χ1n) is 7.45. The van der Waals surface area contributed by atoms with E-state index >= 15 is 0 Å². The van der Waals surface area contributed by atoms with Crippen molar-refractivity contribution < 1.29 is 14.3 Å². The van der Waals surface area contributed by atoms with Gasteiger partial charge in [-0.1, -0.05) is 25.0 Å². The third-order valence-corrected chi connectivity index (χ3v) is 3.05. The molecule has 0 saturated heterocycles. The minimum Gasteiger partial charge on any atom is -0.462 e. The molecule has 0 aliphatic carbocycles. The highest BCUT2D eigenvalue weighted by atomic mass is 16.5. The zero-order valence-electron chi connectivity index (χ0n) is 12.6. The molecule has 1 aromatic rings. The molecule has 0 aliphatic heterocycles. The van der Waals surface area contributed by atoms with Crippen LogP contribution in [0.1, 0.15) is 49.4 Å². The van der Waals surface area contributed by atoms with Crippen LogP contribution in [0.3, 0.4) is 0 Å². The molecule has 0 aromatic heterocycles. The van der Waals surface area contributed by atoms with Crippen molar-refractivity contribution >= 4 is 17.6 Å². The Hall–Kier alpha value is -1.88. The average Bonchev–Trinajstić information content (AvgIpc) is 2.48. The van der Waals surface area contributed by atoms with Gasteiger partial charge < -0.3 is 15.8 Å². The summed E-state index contributed by atoms with van der Waals surface area (Å²) >= 11 is 0. The van der Waals surface area contributed by atoms with Crippen molar-refractivity contribution in [2.45, 2.75) is 39.0 Å². The number of anilines is 1. The number of rotatable bonds is 9. The van der Waals surface area contributed by atoms with E-state index in [0.717, 1.165) is 25.7 Å². The van der Waals surface area contributed by atoms with Crippen LogP contribution < -0.4 is 11.1 Å². The summed E-state index contributed by atoms with van der Waals surface area (Å²) in [5.74, 6) is -0.504. The van der Waals surface area contributed by atoms with Gasteiger partial charge in [-0.3, -0.25) is 4.79 Å². The Balaban J connectivity index is 2.50. The molecular formula is C16H24N2O3. The van der Waals surface area contributed by atoms with Crippen LogP contribution in [0.4, 0.5) is 5.69 Å². The van der Waals surface area contributed by atoms with E-state index in [2.05, 4.69) is 5.32 Å². The number of nitrogens with one attached hydrogen (secondary N) is 1. The summed E-state index contributed by atoms with van der Waals surface area (Å²) in [5.41, 5.74) is 6.31. The van der Waals surface area contributed by atoms with Crippen molar-refractivity contribution in [2.24, 2.45) is 5.73 Å². The molecule has 5 heteroatoms. The molecule has 0 spiro atoms. The molecule has 1 aromatic carbocycles. The van der Waals surface area contributed by atoms with Gasteiger partial charge in [-0.15, -0.1) is 0 Å². The van der Waals surface area contributed by atoms with E-state index in [1.807, 2.05) is 0 Å². The largest absolute Gasteiger partial charge is 0.462 e. The minimum absolute atomic E-state index is 0.0838. The van der Waals surface area contributed by atoms with Crippen LogP contribution in [-0.4, -0.2) is 25.0 Å². The van der Waals surface area contributed by atoms with Gasteiger partial charge in [-0.25, -0.2) is 4.79 Å². The second-order valence-corrected chi connectivity index (χ2v) is 4.77. The lowest BCUT2D eigenvalue weighted by Gasteiger charge is -2.10. The van der Waals surface area contributed by atoms with Crippen LogP contribution in [0.2, 0.25) is 0 Å². The predicted octanol–water partition coefficient (Wildman–Crippen LogP) is 2.71. The molecule has 0 atom stereocenters. The van der Waals surface area contributed by atoms with Crippen molar-refractivity contribution in [1.29, 1.82) is 0 Å². The van der Waals surface area contributed by atoms with Gasteiger partial charge in [0.2, 0.25) is 5.91 Å². The monoisotopic (exact) mass is 292 g/mol. The zero-order valence-corrected chi connectivity index (χ0v) is 12.6. The highest BCUT2D eigenvalue weighted by Gasteiger charge is 2.13. The Labute approximate surface area is 125 Å². The number of benzene rings is 1. The van der Waals surface area contributed by atoms with Gasteiger partial charge >= 0.3 is 5.97 Å². The van der Waals surface area contributed by atoms with Crippen LogP contribution in [0.5, 0.6) is 0 Å². The molecule has 0 fully saturated rings. The standard InChI is InChI=1S/C16H24N2O3/c1-2-21-16(20)13-9-6-7-10-14(13)18-15(19)11-5-3-4-8-12-17/h6-7,9-10H,2-5,8,11-12,17H2,1H3,(H,18,19). The first kappa shape index (κ1) is 17.2. The van der Waals surface area contributed by atoms with Gasteiger partial charge in [-0.05, 0) is 38.4 Å². The number of hydrogen-bond donors (Lipinski definition) is 2. The topological polar surface area (TPSA) is 81.4 Å². The van der Waals surface area contributed by atoms with Crippen LogP contribution in [-0.2, 0) is 9.53 Å². The number of para-hydroxylation sites is 1. The summed E-state index contributed by atoms with van der Waals surface area (Å²) in [6.07, 6.45) is 4.30. The van der Waals surface area contributed by atoms with Gasteiger partial charge in [0.1, 0.15) is 0 Å². The SMILES string of the molecule is CCOC(=O)c1ccccc1NC(=O)CCCCCCN. The summed E-state index contributed by atoms with van der Waals surface area (Å²) in [4.78, 5) is 23.7. The second-order valence-electron chi connectivity index (χ2n) is 4.77. The highest BCUT2D eigenvalue weighted by Crippen LogP contribution is 2.17. The van der Waals surface area contributed by atoms with E-state index in [1.54, 1.807) is 31.2 Å². The Bertz CT molecular complexity index is 461. The van der Waals surface area contributed by atoms with Crippen molar-refractivity contribution in [1.82, 2.24) is 0 Å². The summed E-state index contributed by atoms with van der Waals surface area (Å²) < 4.78 is 4.97. The lowest BCUT2D eigenvalue weighted by Crippen LogP contribution is -2.15. The quantitative estimate of drug-likeness (QED) is 0.541. The zero-order chi connectivity index (χ0) is 15.5. The molecular weight excluding hydrogens is 268 g/mol. The van der Waals surface area contributed by atoms with Gasteiger partial charge in [-0.2, -0.15) is 0 Å². The smallest absolute Gasteiger partial charge is 0.340 e. The Morgan fingerprint density at radius 2 is 1.86 bits per heavy atom. The maximum Gasteiger partial charge on any atom is 0.340 e. The van der Waals surface area contributed by atoms with Crippen molar-refractivity contribution in [3.05, 3.63) is 29.8 Å². The Morgan fingerprint density at radius 1 is 1.14 bits per heavy atom. The Kier molecular flexibility index (Phi) is 8.12. The normalized spacial score (nSPS) is 10.2. The summed E-state index contributed by atoms with van der Waals surface area (Å²) in [7, 11) is 0. The van der Waals surface area contributed by atoms with Crippen molar-refractivity contribution in [3.63, 3.8) is 0 Å².